The van der Waals surface area contributed by atoms with E-state index >= 15 is 0 Å². The van der Waals surface area contributed by atoms with Gasteiger partial charge in [-0.1, -0.05) is 0 Å². The van der Waals surface area contributed by atoms with E-state index in [0.29, 0.717) is 32.1 Å². The molecule has 6 nitrogen and oxygen atoms in total. The monoisotopic (exact) mass is 276 g/mol. The lowest BCUT2D eigenvalue weighted by Crippen LogP contribution is -2.48. The average molecular weight is 276 g/mol. The molecule has 0 radical (unpaired) electrons. The zero-order chi connectivity index (χ0) is 14.2. The second kappa shape index (κ2) is 6.03. The van der Waals surface area contributed by atoms with Crippen LogP contribution in [0.25, 0.3) is 0 Å². The molecule has 2 aliphatic carbocycles. The highest BCUT2D eigenvalue weighted by atomic mass is 16.4. The van der Waals surface area contributed by atoms with Gasteiger partial charge >= 0.3 is 0 Å². The highest BCUT2D eigenvalue weighted by molar-refractivity contribution is 4.91. The SMILES string of the molecule is OC1CC(CC2CCC(O)C(O)C2O)CC(O)C1O. The first-order chi connectivity index (χ1) is 8.90. The molecule has 0 saturated heterocycles. The van der Waals surface area contributed by atoms with Gasteiger partial charge in [-0.25, -0.2) is 0 Å². The van der Waals surface area contributed by atoms with Gasteiger partial charge in [-0.15, -0.1) is 0 Å². The zero-order valence-corrected chi connectivity index (χ0v) is 10.8. The smallest absolute Gasteiger partial charge is 0.106 e. The fraction of sp³-hybridized carbons (Fsp3) is 1.00. The van der Waals surface area contributed by atoms with Crippen LogP contribution < -0.4 is 0 Å². The van der Waals surface area contributed by atoms with Crippen molar-refractivity contribution in [3.05, 3.63) is 0 Å². The van der Waals surface area contributed by atoms with Gasteiger partial charge in [0.2, 0.25) is 0 Å². The maximum atomic E-state index is 9.94. The molecular weight excluding hydrogens is 252 g/mol. The second-order valence-electron chi connectivity index (χ2n) is 6.08. The number of hydrogen-bond acceptors (Lipinski definition) is 6. The Morgan fingerprint density at radius 1 is 0.632 bits per heavy atom. The molecule has 6 atom stereocenters. The van der Waals surface area contributed by atoms with Crippen LogP contribution in [-0.2, 0) is 0 Å². The molecule has 112 valence electrons. The van der Waals surface area contributed by atoms with Gasteiger partial charge in [0.1, 0.15) is 12.2 Å². The van der Waals surface area contributed by atoms with Gasteiger partial charge in [0.25, 0.3) is 0 Å². The van der Waals surface area contributed by atoms with Crippen molar-refractivity contribution in [1.82, 2.24) is 0 Å². The van der Waals surface area contributed by atoms with Crippen LogP contribution in [0.15, 0.2) is 0 Å². The molecule has 0 spiro atoms. The van der Waals surface area contributed by atoms with E-state index in [0.717, 1.165) is 0 Å². The Morgan fingerprint density at radius 3 is 1.79 bits per heavy atom. The van der Waals surface area contributed by atoms with E-state index in [2.05, 4.69) is 0 Å². The predicted octanol–water partition coefficient (Wildman–Crippen LogP) is -1.64. The predicted molar refractivity (Wildman–Crippen MR) is 66.1 cm³/mol. The van der Waals surface area contributed by atoms with E-state index in [9.17, 15) is 30.6 Å². The molecule has 0 amide bonds. The molecule has 6 unspecified atom stereocenters. The van der Waals surface area contributed by atoms with Gasteiger partial charge in [0, 0.05) is 0 Å². The number of hydrogen-bond donors (Lipinski definition) is 6. The lowest BCUT2D eigenvalue weighted by Gasteiger charge is -2.40. The van der Waals surface area contributed by atoms with Crippen molar-refractivity contribution in [3.8, 4) is 0 Å². The number of aliphatic hydroxyl groups excluding tert-OH is 6. The summed E-state index contributed by atoms with van der Waals surface area (Å²) in [5, 5.41) is 57.8. The molecule has 2 fully saturated rings. The topological polar surface area (TPSA) is 121 Å². The largest absolute Gasteiger partial charge is 0.390 e. The molecule has 0 heterocycles. The van der Waals surface area contributed by atoms with Crippen molar-refractivity contribution in [3.63, 3.8) is 0 Å². The molecule has 0 aliphatic heterocycles. The molecule has 2 saturated carbocycles. The van der Waals surface area contributed by atoms with Crippen molar-refractivity contribution in [1.29, 1.82) is 0 Å². The van der Waals surface area contributed by atoms with Crippen molar-refractivity contribution < 1.29 is 30.6 Å². The fourth-order valence-corrected chi connectivity index (χ4v) is 3.43. The normalized spacial score (nSPS) is 52.1. The Hall–Kier alpha value is -0.240. The van der Waals surface area contributed by atoms with E-state index in [4.69, 9.17) is 0 Å². The first-order valence-electron chi connectivity index (χ1n) is 6.98. The van der Waals surface area contributed by atoms with Crippen LogP contribution in [0.5, 0.6) is 0 Å². The molecule has 6 heteroatoms. The van der Waals surface area contributed by atoms with Gasteiger partial charge in [-0.3, -0.25) is 0 Å². The molecule has 0 bridgehead atoms. The molecule has 2 rings (SSSR count). The summed E-state index contributed by atoms with van der Waals surface area (Å²) in [6, 6.07) is 0. The third-order valence-electron chi connectivity index (χ3n) is 4.63. The van der Waals surface area contributed by atoms with Crippen molar-refractivity contribution >= 4 is 0 Å². The summed E-state index contributed by atoms with van der Waals surface area (Å²) in [6.07, 6.45) is -3.53. The van der Waals surface area contributed by atoms with Crippen LogP contribution in [0.1, 0.15) is 32.1 Å². The quantitative estimate of drug-likeness (QED) is 0.360. The van der Waals surface area contributed by atoms with E-state index in [1.165, 1.54) is 0 Å². The van der Waals surface area contributed by atoms with Crippen molar-refractivity contribution in [2.24, 2.45) is 11.8 Å². The van der Waals surface area contributed by atoms with Gasteiger partial charge < -0.3 is 30.6 Å². The molecule has 6 N–H and O–H groups in total. The number of aliphatic hydroxyl groups is 6. The third-order valence-corrected chi connectivity index (χ3v) is 4.63. The maximum absolute atomic E-state index is 9.94. The van der Waals surface area contributed by atoms with E-state index < -0.39 is 36.6 Å². The lowest BCUT2D eigenvalue weighted by molar-refractivity contribution is -0.126. The highest BCUT2D eigenvalue weighted by Crippen LogP contribution is 2.36. The Balaban J connectivity index is 1.91. The second-order valence-corrected chi connectivity index (χ2v) is 6.08. The summed E-state index contributed by atoms with van der Waals surface area (Å²) in [7, 11) is 0. The van der Waals surface area contributed by atoms with Gasteiger partial charge in [0.05, 0.1) is 24.4 Å². The van der Waals surface area contributed by atoms with Crippen LogP contribution in [0.2, 0.25) is 0 Å². The number of rotatable bonds is 2. The van der Waals surface area contributed by atoms with Gasteiger partial charge in [-0.05, 0) is 43.9 Å². The van der Waals surface area contributed by atoms with Gasteiger partial charge in [-0.2, -0.15) is 0 Å². The highest BCUT2D eigenvalue weighted by Gasteiger charge is 2.40. The van der Waals surface area contributed by atoms with E-state index in [1.54, 1.807) is 0 Å². The van der Waals surface area contributed by atoms with E-state index in [-0.39, 0.29) is 11.8 Å². The first kappa shape index (κ1) is 15.2. The van der Waals surface area contributed by atoms with Crippen LogP contribution in [-0.4, -0.2) is 67.3 Å². The summed E-state index contributed by atoms with van der Waals surface area (Å²) in [5.41, 5.74) is 0. The maximum Gasteiger partial charge on any atom is 0.106 e. The average Bonchev–Trinajstić information content (AvgIpc) is 2.36. The third kappa shape index (κ3) is 3.26. The summed E-state index contributed by atoms with van der Waals surface area (Å²) in [5.74, 6) is -0.131. The summed E-state index contributed by atoms with van der Waals surface area (Å²) >= 11 is 0. The van der Waals surface area contributed by atoms with Crippen LogP contribution in [0.3, 0.4) is 0 Å². The minimum atomic E-state index is -1.12. The van der Waals surface area contributed by atoms with Crippen LogP contribution in [0.4, 0.5) is 0 Å². The fourth-order valence-electron chi connectivity index (χ4n) is 3.43. The Kier molecular flexibility index (Phi) is 4.81. The van der Waals surface area contributed by atoms with Gasteiger partial charge in [0.15, 0.2) is 0 Å². The van der Waals surface area contributed by atoms with Crippen LogP contribution in [0, 0.1) is 11.8 Å². The summed E-state index contributed by atoms with van der Waals surface area (Å²) in [4.78, 5) is 0. The standard InChI is InChI=1S/C13H24O6/c14-8-2-1-7(11(17)13(8)19)3-6-4-9(15)12(18)10(16)5-6/h6-19H,1-5H2. The molecule has 19 heavy (non-hydrogen) atoms. The van der Waals surface area contributed by atoms with Crippen molar-refractivity contribution in [2.75, 3.05) is 0 Å². The Bertz CT molecular complexity index is 287. The van der Waals surface area contributed by atoms with Crippen molar-refractivity contribution in [2.45, 2.75) is 68.7 Å². The zero-order valence-electron chi connectivity index (χ0n) is 10.8. The lowest BCUT2D eigenvalue weighted by atomic mass is 9.73. The molecule has 2 aliphatic rings. The van der Waals surface area contributed by atoms with Crippen LogP contribution >= 0.6 is 0 Å². The molecular formula is C13H24O6. The first-order valence-corrected chi connectivity index (χ1v) is 6.98. The minimum Gasteiger partial charge on any atom is -0.390 e. The molecule has 0 aromatic rings. The Morgan fingerprint density at radius 2 is 1.21 bits per heavy atom. The Labute approximate surface area is 112 Å². The summed E-state index contributed by atoms with van der Waals surface area (Å²) in [6.45, 7) is 0. The summed E-state index contributed by atoms with van der Waals surface area (Å²) < 4.78 is 0. The molecule has 0 aromatic carbocycles. The molecule has 0 aromatic heterocycles. The minimum absolute atomic E-state index is 0.00972. The van der Waals surface area contributed by atoms with E-state index in [1.807, 2.05) is 0 Å².